The van der Waals surface area contributed by atoms with Crippen LogP contribution in [0.4, 0.5) is 5.69 Å². The number of aromatic nitrogens is 3. The second-order valence-electron chi connectivity index (χ2n) is 5.98. The number of aryl methyl sites for hydroxylation is 2. The van der Waals surface area contributed by atoms with Crippen LogP contribution in [0.15, 0.2) is 40.1 Å². The Bertz CT molecular complexity index is 948. The molecule has 0 saturated heterocycles. The number of carbonyl (C=O) groups is 1. The maximum Gasteiger partial charge on any atom is 0.234 e. The molecule has 142 valence electrons. The van der Waals surface area contributed by atoms with E-state index in [1.807, 2.05) is 49.6 Å². The molecule has 27 heavy (non-hydrogen) atoms. The number of methoxy groups -OCH3 is 1. The number of anilines is 1. The molecule has 3 aromatic rings. The molecular weight excluding hydrogens is 364 g/mol. The summed E-state index contributed by atoms with van der Waals surface area (Å²) in [5, 5.41) is 12.1. The van der Waals surface area contributed by atoms with Crippen LogP contribution in [0.3, 0.4) is 0 Å². The summed E-state index contributed by atoms with van der Waals surface area (Å²) < 4.78 is 12.6. The number of nitrogens with zero attached hydrogens (tertiary/aromatic N) is 3. The van der Waals surface area contributed by atoms with Gasteiger partial charge in [0.05, 0.1) is 30.4 Å². The van der Waals surface area contributed by atoms with Gasteiger partial charge in [-0.25, -0.2) is 0 Å². The second kappa shape index (κ2) is 8.30. The van der Waals surface area contributed by atoms with Gasteiger partial charge in [0.25, 0.3) is 0 Å². The smallest absolute Gasteiger partial charge is 0.234 e. The van der Waals surface area contributed by atoms with Crippen molar-refractivity contribution < 1.29 is 13.9 Å². The fraction of sp³-hybridized carbons (Fsp3) is 0.316. The molecule has 2 heterocycles. The van der Waals surface area contributed by atoms with Crippen LogP contribution in [0, 0.1) is 13.8 Å². The van der Waals surface area contributed by atoms with Crippen molar-refractivity contribution in [1.29, 1.82) is 0 Å². The zero-order valence-electron chi connectivity index (χ0n) is 15.8. The number of ether oxygens (including phenoxy) is 1. The average molecular weight is 386 g/mol. The van der Waals surface area contributed by atoms with Crippen molar-refractivity contribution in [2.45, 2.75) is 32.5 Å². The monoisotopic (exact) mass is 386 g/mol. The fourth-order valence-corrected chi connectivity index (χ4v) is 3.53. The summed E-state index contributed by atoms with van der Waals surface area (Å²) in [4.78, 5) is 12.4. The van der Waals surface area contributed by atoms with Crippen molar-refractivity contribution >= 4 is 23.4 Å². The number of hydrogen-bond donors (Lipinski definition) is 1. The maximum absolute atomic E-state index is 12.4. The van der Waals surface area contributed by atoms with E-state index in [0.29, 0.717) is 23.1 Å². The number of hydrogen-bond acceptors (Lipinski definition) is 6. The SMILES string of the molecule is CCn1c(SCC(=O)Nc2cc(C)ccc2OC)nnc1-c1ccoc1C. The Hall–Kier alpha value is -2.74. The van der Waals surface area contributed by atoms with Crippen molar-refractivity contribution in [3.63, 3.8) is 0 Å². The Morgan fingerprint density at radius 1 is 1.30 bits per heavy atom. The van der Waals surface area contributed by atoms with E-state index in [-0.39, 0.29) is 11.7 Å². The van der Waals surface area contributed by atoms with E-state index in [9.17, 15) is 4.79 Å². The van der Waals surface area contributed by atoms with Crippen LogP contribution in [0.1, 0.15) is 18.2 Å². The molecule has 0 atom stereocenters. The molecule has 1 amide bonds. The number of benzene rings is 1. The van der Waals surface area contributed by atoms with Crippen LogP contribution in [0.2, 0.25) is 0 Å². The molecule has 1 aromatic carbocycles. The minimum Gasteiger partial charge on any atom is -0.495 e. The summed E-state index contributed by atoms with van der Waals surface area (Å²) in [6.45, 7) is 6.57. The van der Waals surface area contributed by atoms with E-state index < -0.39 is 0 Å². The van der Waals surface area contributed by atoms with E-state index >= 15 is 0 Å². The number of rotatable bonds is 7. The maximum atomic E-state index is 12.4. The van der Waals surface area contributed by atoms with Gasteiger partial charge in [-0.1, -0.05) is 17.8 Å². The van der Waals surface area contributed by atoms with Crippen molar-refractivity contribution in [2.24, 2.45) is 0 Å². The summed E-state index contributed by atoms with van der Waals surface area (Å²) in [7, 11) is 1.58. The van der Waals surface area contributed by atoms with E-state index in [1.165, 1.54) is 11.8 Å². The van der Waals surface area contributed by atoms with Crippen LogP contribution < -0.4 is 10.1 Å². The molecule has 8 heteroatoms. The van der Waals surface area contributed by atoms with Crippen LogP contribution >= 0.6 is 11.8 Å². The molecule has 0 aliphatic carbocycles. The van der Waals surface area contributed by atoms with E-state index in [0.717, 1.165) is 22.7 Å². The minimum absolute atomic E-state index is 0.129. The predicted octanol–water partition coefficient (Wildman–Crippen LogP) is 3.91. The van der Waals surface area contributed by atoms with Crippen molar-refractivity contribution in [3.8, 4) is 17.1 Å². The second-order valence-corrected chi connectivity index (χ2v) is 6.92. The molecule has 0 saturated carbocycles. The third-order valence-electron chi connectivity index (χ3n) is 4.09. The van der Waals surface area contributed by atoms with Crippen LogP contribution in [-0.4, -0.2) is 33.5 Å². The number of furan rings is 1. The first kappa shape index (κ1) is 19.0. The molecule has 0 bridgehead atoms. The van der Waals surface area contributed by atoms with Gasteiger partial charge in [0, 0.05) is 6.54 Å². The summed E-state index contributed by atoms with van der Waals surface area (Å²) >= 11 is 1.35. The average Bonchev–Trinajstić information content (AvgIpc) is 3.25. The molecule has 0 radical (unpaired) electrons. The van der Waals surface area contributed by atoms with Gasteiger partial charge >= 0.3 is 0 Å². The molecule has 0 aliphatic heterocycles. The first-order valence-corrected chi connectivity index (χ1v) is 9.57. The molecule has 0 aliphatic rings. The quantitative estimate of drug-likeness (QED) is 0.620. The van der Waals surface area contributed by atoms with Gasteiger partial charge < -0.3 is 19.0 Å². The Kier molecular flexibility index (Phi) is 5.85. The number of nitrogens with one attached hydrogen (secondary N) is 1. The molecule has 3 rings (SSSR count). The molecule has 0 unspecified atom stereocenters. The molecule has 2 aromatic heterocycles. The van der Waals surface area contributed by atoms with Crippen molar-refractivity contribution in [2.75, 3.05) is 18.2 Å². The molecule has 1 N–H and O–H groups in total. The molecule has 0 fully saturated rings. The highest BCUT2D eigenvalue weighted by Gasteiger charge is 2.17. The van der Waals surface area contributed by atoms with Crippen LogP contribution in [-0.2, 0) is 11.3 Å². The number of carbonyl (C=O) groups excluding carboxylic acids is 1. The summed E-state index contributed by atoms with van der Waals surface area (Å²) in [6, 6.07) is 7.53. The van der Waals surface area contributed by atoms with Gasteiger partial charge in [-0.3, -0.25) is 4.79 Å². The molecular formula is C19H22N4O3S. The molecule has 7 nitrogen and oxygen atoms in total. The zero-order chi connectivity index (χ0) is 19.4. The Labute approximate surface area is 162 Å². The van der Waals surface area contributed by atoms with Gasteiger partial charge in [0.1, 0.15) is 11.5 Å². The van der Waals surface area contributed by atoms with Crippen molar-refractivity contribution in [3.05, 3.63) is 41.9 Å². The highest BCUT2D eigenvalue weighted by molar-refractivity contribution is 7.99. The minimum atomic E-state index is -0.129. The topological polar surface area (TPSA) is 82.2 Å². The summed E-state index contributed by atoms with van der Waals surface area (Å²) in [5.74, 6) is 2.26. The van der Waals surface area contributed by atoms with Gasteiger partial charge in [-0.15, -0.1) is 10.2 Å². The fourth-order valence-electron chi connectivity index (χ4n) is 2.73. The normalized spacial score (nSPS) is 10.8. The Morgan fingerprint density at radius 2 is 2.11 bits per heavy atom. The highest BCUT2D eigenvalue weighted by Crippen LogP contribution is 2.28. The summed E-state index contributed by atoms with van der Waals surface area (Å²) in [5.41, 5.74) is 2.62. The Balaban J connectivity index is 1.70. The lowest BCUT2D eigenvalue weighted by Crippen LogP contribution is -2.15. The predicted molar refractivity (Wildman–Crippen MR) is 105 cm³/mol. The molecule has 0 spiro atoms. The van der Waals surface area contributed by atoms with E-state index in [2.05, 4.69) is 15.5 Å². The summed E-state index contributed by atoms with van der Waals surface area (Å²) in [6.07, 6.45) is 1.63. The van der Waals surface area contributed by atoms with Gasteiger partial charge in [-0.2, -0.15) is 0 Å². The third-order valence-corrected chi connectivity index (χ3v) is 5.06. The van der Waals surface area contributed by atoms with Crippen LogP contribution in [0.5, 0.6) is 5.75 Å². The van der Waals surface area contributed by atoms with Gasteiger partial charge in [0.2, 0.25) is 5.91 Å². The largest absolute Gasteiger partial charge is 0.495 e. The highest BCUT2D eigenvalue weighted by atomic mass is 32.2. The number of thioether (sulfide) groups is 1. The third kappa shape index (κ3) is 4.16. The lowest BCUT2D eigenvalue weighted by atomic mass is 10.2. The standard InChI is InChI=1S/C19H22N4O3S/c1-5-23-18(14-8-9-26-13(14)3)21-22-19(23)27-11-17(24)20-15-10-12(2)6-7-16(15)25-4/h6-10H,5,11H2,1-4H3,(H,20,24). The van der Waals surface area contributed by atoms with Crippen molar-refractivity contribution in [1.82, 2.24) is 14.8 Å². The van der Waals surface area contributed by atoms with E-state index in [4.69, 9.17) is 9.15 Å². The Morgan fingerprint density at radius 3 is 2.78 bits per heavy atom. The van der Waals surface area contributed by atoms with Gasteiger partial charge in [-0.05, 0) is 44.5 Å². The number of amides is 1. The first-order valence-electron chi connectivity index (χ1n) is 8.58. The van der Waals surface area contributed by atoms with Gasteiger partial charge in [0.15, 0.2) is 11.0 Å². The van der Waals surface area contributed by atoms with Crippen LogP contribution in [0.25, 0.3) is 11.4 Å². The first-order chi connectivity index (χ1) is 13.0. The van der Waals surface area contributed by atoms with E-state index in [1.54, 1.807) is 13.4 Å². The lowest BCUT2D eigenvalue weighted by Gasteiger charge is -2.11. The lowest BCUT2D eigenvalue weighted by molar-refractivity contribution is -0.113. The zero-order valence-corrected chi connectivity index (χ0v) is 16.6.